The second-order valence-electron chi connectivity index (χ2n) is 4.89. The number of aromatic amines is 1. The van der Waals surface area contributed by atoms with Crippen molar-refractivity contribution in [2.24, 2.45) is 0 Å². The third kappa shape index (κ3) is 4.38. The van der Waals surface area contributed by atoms with Crippen LogP contribution < -0.4 is 15.8 Å². The molecule has 0 aliphatic heterocycles. The van der Waals surface area contributed by atoms with Crippen molar-refractivity contribution in [2.45, 2.75) is 13.1 Å². The van der Waals surface area contributed by atoms with Gasteiger partial charge in [0.2, 0.25) is 0 Å². The summed E-state index contributed by atoms with van der Waals surface area (Å²) in [6.07, 6.45) is -2.76. The Morgan fingerprint density at radius 1 is 1.32 bits per heavy atom. The fraction of sp³-hybridized carbons (Fsp3) is 0.231. The van der Waals surface area contributed by atoms with Gasteiger partial charge in [0.05, 0.1) is 22.3 Å². The van der Waals surface area contributed by atoms with Crippen LogP contribution in [-0.2, 0) is 6.18 Å². The highest BCUT2D eigenvalue weighted by Gasteiger charge is 2.32. The standard InChI is InChI=1S/C13H12ClF3N6O2/c1-6-8(5-19-21-6)11(24)20-12(25)22-23(2)10-9(14)3-7(4-18-10)13(15,16)17/h3-5H,1-2H3,(H,19,21)(H2,20,22,24,25). The Balaban J connectivity index is 2.04. The summed E-state index contributed by atoms with van der Waals surface area (Å²) in [6, 6.07) is -0.245. The molecule has 134 valence electrons. The molecule has 2 rings (SSSR count). The number of rotatable bonds is 3. The molecule has 8 nitrogen and oxygen atoms in total. The van der Waals surface area contributed by atoms with Crippen LogP contribution in [0.5, 0.6) is 0 Å². The molecule has 0 radical (unpaired) electrons. The van der Waals surface area contributed by atoms with E-state index in [2.05, 4.69) is 20.6 Å². The molecule has 0 saturated carbocycles. The van der Waals surface area contributed by atoms with Crippen molar-refractivity contribution >= 4 is 29.4 Å². The van der Waals surface area contributed by atoms with Crippen LogP contribution in [0, 0.1) is 6.92 Å². The maximum atomic E-state index is 12.6. The van der Waals surface area contributed by atoms with Crippen LogP contribution in [-0.4, -0.2) is 34.2 Å². The molecule has 0 aliphatic rings. The molecule has 3 N–H and O–H groups in total. The zero-order valence-electron chi connectivity index (χ0n) is 12.9. The van der Waals surface area contributed by atoms with E-state index in [4.69, 9.17) is 11.6 Å². The largest absolute Gasteiger partial charge is 0.417 e. The number of H-pyrrole nitrogens is 1. The Bertz CT molecular complexity index is 807. The van der Waals surface area contributed by atoms with Crippen molar-refractivity contribution in [2.75, 3.05) is 12.1 Å². The lowest BCUT2D eigenvalue weighted by Crippen LogP contribution is -2.47. The highest BCUT2D eigenvalue weighted by Crippen LogP contribution is 2.32. The van der Waals surface area contributed by atoms with Gasteiger partial charge >= 0.3 is 12.2 Å². The lowest BCUT2D eigenvalue weighted by atomic mass is 10.2. The molecular weight excluding hydrogens is 365 g/mol. The van der Waals surface area contributed by atoms with E-state index in [0.29, 0.717) is 18.0 Å². The first-order chi connectivity index (χ1) is 11.6. The number of carbonyl (C=O) groups excluding carboxylic acids is 2. The number of hydrogen-bond donors (Lipinski definition) is 3. The van der Waals surface area contributed by atoms with E-state index in [0.717, 1.165) is 5.01 Å². The Morgan fingerprint density at radius 3 is 2.52 bits per heavy atom. The molecule has 2 aromatic heterocycles. The van der Waals surface area contributed by atoms with Crippen LogP contribution >= 0.6 is 11.6 Å². The number of aryl methyl sites for hydroxylation is 1. The molecule has 0 aromatic carbocycles. The van der Waals surface area contributed by atoms with Gasteiger partial charge in [-0.15, -0.1) is 0 Å². The third-order valence-electron chi connectivity index (χ3n) is 3.04. The van der Waals surface area contributed by atoms with E-state index in [1.807, 2.05) is 5.32 Å². The van der Waals surface area contributed by atoms with Crippen molar-refractivity contribution < 1.29 is 22.8 Å². The quantitative estimate of drug-likeness (QED) is 0.713. The van der Waals surface area contributed by atoms with Crippen molar-refractivity contribution in [1.82, 2.24) is 25.9 Å². The molecule has 12 heteroatoms. The summed E-state index contributed by atoms with van der Waals surface area (Å²) in [5, 5.41) is 8.89. The number of carbonyl (C=O) groups is 2. The van der Waals surface area contributed by atoms with Gasteiger partial charge in [-0.3, -0.25) is 20.2 Å². The van der Waals surface area contributed by atoms with Crippen molar-refractivity contribution in [1.29, 1.82) is 0 Å². The number of hydrazine groups is 1. The molecule has 25 heavy (non-hydrogen) atoms. The van der Waals surface area contributed by atoms with Gasteiger partial charge in [-0.2, -0.15) is 18.3 Å². The number of nitrogens with one attached hydrogen (secondary N) is 3. The molecule has 0 spiro atoms. The molecule has 0 fully saturated rings. The topological polar surface area (TPSA) is 103 Å². The zero-order chi connectivity index (χ0) is 18.8. The number of urea groups is 1. The van der Waals surface area contributed by atoms with Gasteiger partial charge in [-0.05, 0) is 13.0 Å². The zero-order valence-corrected chi connectivity index (χ0v) is 13.7. The minimum Gasteiger partial charge on any atom is -0.282 e. The van der Waals surface area contributed by atoms with E-state index in [1.165, 1.54) is 13.2 Å². The molecule has 0 atom stereocenters. The molecule has 0 saturated heterocycles. The molecule has 0 bridgehead atoms. The predicted octanol–water partition coefficient (Wildman–Crippen LogP) is 2.28. The summed E-state index contributed by atoms with van der Waals surface area (Å²) in [4.78, 5) is 27.2. The average molecular weight is 377 g/mol. The maximum Gasteiger partial charge on any atom is 0.417 e. The van der Waals surface area contributed by atoms with Crippen LogP contribution in [0.1, 0.15) is 21.6 Å². The Kier molecular flexibility index (Phi) is 5.16. The number of alkyl halides is 3. The normalized spacial score (nSPS) is 11.1. The maximum absolute atomic E-state index is 12.6. The number of imide groups is 1. The van der Waals surface area contributed by atoms with Gasteiger partial charge in [0.1, 0.15) is 0 Å². The Morgan fingerprint density at radius 2 is 2.00 bits per heavy atom. The highest BCUT2D eigenvalue weighted by molar-refractivity contribution is 6.33. The number of hydrogen-bond acceptors (Lipinski definition) is 5. The number of halogens is 4. The summed E-state index contributed by atoms with van der Waals surface area (Å²) in [7, 11) is 1.30. The van der Waals surface area contributed by atoms with Gasteiger partial charge in [-0.1, -0.05) is 11.6 Å². The van der Waals surface area contributed by atoms with Crippen molar-refractivity contribution in [3.05, 3.63) is 40.3 Å². The van der Waals surface area contributed by atoms with Crippen molar-refractivity contribution in [3.8, 4) is 0 Å². The molecule has 2 heterocycles. The van der Waals surface area contributed by atoms with E-state index < -0.39 is 23.7 Å². The smallest absolute Gasteiger partial charge is 0.282 e. The van der Waals surface area contributed by atoms with Crippen LogP contribution in [0.25, 0.3) is 0 Å². The summed E-state index contributed by atoms with van der Waals surface area (Å²) >= 11 is 5.77. The lowest BCUT2D eigenvalue weighted by molar-refractivity contribution is -0.137. The van der Waals surface area contributed by atoms with Crippen LogP contribution in [0.3, 0.4) is 0 Å². The van der Waals surface area contributed by atoms with Crippen LogP contribution in [0.4, 0.5) is 23.8 Å². The summed E-state index contributed by atoms with van der Waals surface area (Å²) in [5.41, 5.74) is 1.82. The Hall–Kier alpha value is -2.82. The molecule has 2 aromatic rings. The first kappa shape index (κ1) is 18.5. The first-order valence-corrected chi connectivity index (χ1v) is 7.05. The minimum atomic E-state index is -4.59. The Labute approximate surface area is 144 Å². The molecule has 3 amide bonds. The van der Waals surface area contributed by atoms with Crippen LogP contribution in [0.2, 0.25) is 5.02 Å². The van der Waals surface area contributed by atoms with E-state index in [9.17, 15) is 22.8 Å². The van der Waals surface area contributed by atoms with E-state index in [1.54, 1.807) is 6.92 Å². The van der Waals surface area contributed by atoms with Gasteiger partial charge in [0.25, 0.3) is 5.91 Å². The third-order valence-corrected chi connectivity index (χ3v) is 3.32. The molecular formula is C13H12ClF3N6O2. The van der Waals surface area contributed by atoms with E-state index in [-0.39, 0.29) is 16.4 Å². The monoisotopic (exact) mass is 376 g/mol. The van der Waals surface area contributed by atoms with Gasteiger partial charge < -0.3 is 0 Å². The number of nitrogens with zero attached hydrogens (tertiary/aromatic N) is 3. The minimum absolute atomic E-state index is 0.128. The van der Waals surface area contributed by atoms with Crippen LogP contribution in [0.15, 0.2) is 18.5 Å². The fourth-order valence-corrected chi connectivity index (χ4v) is 2.11. The second-order valence-corrected chi connectivity index (χ2v) is 5.30. The SMILES string of the molecule is Cc1[nH]ncc1C(=O)NC(=O)NN(C)c1ncc(C(F)(F)F)cc1Cl. The number of amides is 3. The second kappa shape index (κ2) is 6.97. The summed E-state index contributed by atoms with van der Waals surface area (Å²) in [5.74, 6) is -0.833. The van der Waals surface area contributed by atoms with Gasteiger partial charge in [-0.25, -0.2) is 15.2 Å². The fourth-order valence-electron chi connectivity index (χ4n) is 1.82. The molecule has 0 unspecified atom stereocenters. The highest BCUT2D eigenvalue weighted by atomic mass is 35.5. The number of pyridine rings is 1. The molecule has 0 aliphatic carbocycles. The number of anilines is 1. The van der Waals surface area contributed by atoms with Crippen molar-refractivity contribution in [3.63, 3.8) is 0 Å². The lowest BCUT2D eigenvalue weighted by Gasteiger charge is -2.20. The van der Waals surface area contributed by atoms with Gasteiger partial charge in [0.15, 0.2) is 5.82 Å². The number of aromatic nitrogens is 3. The summed E-state index contributed by atoms with van der Waals surface area (Å²) < 4.78 is 37.8. The van der Waals surface area contributed by atoms with E-state index >= 15 is 0 Å². The van der Waals surface area contributed by atoms with Gasteiger partial charge in [0, 0.05) is 18.9 Å². The predicted molar refractivity (Wildman–Crippen MR) is 82.0 cm³/mol. The summed E-state index contributed by atoms with van der Waals surface area (Å²) in [6.45, 7) is 1.60. The average Bonchev–Trinajstić information content (AvgIpc) is 2.92. The first-order valence-electron chi connectivity index (χ1n) is 6.68.